The average molecular weight is 286 g/mol. The van der Waals surface area contributed by atoms with Gasteiger partial charge in [0.2, 0.25) is 0 Å². The molecule has 0 heterocycles. The van der Waals surface area contributed by atoms with Crippen LogP contribution in [0.2, 0.25) is 0 Å². The molecular weight excluding hydrogens is 268 g/mol. The Morgan fingerprint density at radius 3 is 2.52 bits per heavy atom. The lowest BCUT2D eigenvalue weighted by Crippen LogP contribution is -2.17. The topological polar surface area (TPSA) is 66.6 Å². The Bertz CT molecular complexity index is 656. The van der Waals surface area contributed by atoms with Crippen molar-refractivity contribution in [3.8, 4) is 0 Å². The van der Waals surface area contributed by atoms with Gasteiger partial charge in [-0.25, -0.2) is 0 Å². The summed E-state index contributed by atoms with van der Waals surface area (Å²) in [5.41, 5.74) is 3.29. The van der Waals surface area contributed by atoms with E-state index in [9.17, 15) is 15.2 Å². The first kappa shape index (κ1) is 15.0. The van der Waals surface area contributed by atoms with Gasteiger partial charge in [0.15, 0.2) is 0 Å². The van der Waals surface area contributed by atoms with E-state index >= 15 is 0 Å². The molecule has 0 amide bonds. The Kier molecular flexibility index (Phi) is 4.55. The Morgan fingerprint density at radius 1 is 1.24 bits per heavy atom. The first-order valence-corrected chi connectivity index (χ1v) is 6.79. The van der Waals surface area contributed by atoms with Crippen LogP contribution in [0.25, 0.3) is 0 Å². The van der Waals surface area contributed by atoms with Gasteiger partial charge in [0, 0.05) is 24.0 Å². The molecule has 0 unspecified atom stereocenters. The van der Waals surface area contributed by atoms with E-state index < -0.39 is 4.92 Å². The molecule has 5 heteroatoms. The Labute approximate surface area is 123 Å². The molecule has 110 valence electrons. The first-order chi connectivity index (χ1) is 10.1. The summed E-state index contributed by atoms with van der Waals surface area (Å²) in [5.74, 6) is 0. The number of aliphatic hydroxyl groups excluding tert-OH is 1. The highest BCUT2D eigenvalue weighted by atomic mass is 16.6. The highest BCUT2D eigenvalue weighted by Gasteiger charge is 2.16. The van der Waals surface area contributed by atoms with E-state index in [4.69, 9.17) is 0 Å². The molecule has 0 aliphatic rings. The van der Waals surface area contributed by atoms with Crippen LogP contribution in [0.4, 0.5) is 17.1 Å². The molecule has 0 atom stereocenters. The summed E-state index contributed by atoms with van der Waals surface area (Å²) in [6, 6.07) is 12.8. The second-order valence-corrected chi connectivity index (χ2v) is 4.76. The second-order valence-electron chi connectivity index (χ2n) is 4.76. The number of nitrogens with zero attached hydrogens (tertiary/aromatic N) is 2. The van der Waals surface area contributed by atoms with Crippen LogP contribution in [-0.4, -0.2) is 16.6 Å². The normalized spacial score (nSPS) is 10.4. The summed E-state index contributed by atoms with van der Waals surface area (Å²) in [6.07, 6.45) is 0. The SMILES string of the molecule is CCN(c1ccc([N+](=O)[O-])c(CO)c1)c1ccccc1C. The van der Waals surface area contributed by atoms with E-state index in [0.717, 1.165) is 23.5 Å². The highest BCUT2D eigenvalue weighted by Crippen LogP contribution is 2.31. The molecule has 2 aromatic rings. The van der Waals surface area contributed by atoms with Crippen LogP contribution in [0.3, 0.4) is 0 Å². The van der Waals surface area contributed by atoms with E-state index in [0.29, 0.717) is 5.56 Å². The number of nitro benzene ring substituents is 1. The van der Waals surface area contributed by atoms with Crippen molar-refractivity contribution in [2.75, 3.05) is 11.4 Å². The fraction of sp³-hybridized carbons (Fsp3) is 0.250. The predicted molar refractivity (Wildman–Crippen MR) is 82.9 cm³/mol. The summed E-state index contributed by atoms with van der Waals surface area (Å²) in [5, 5.41) is 20.3. The van der Waals surface area contributed by atoms with Crippen LogP contribution >= 0.6 is 0 Å². The molecule has 0 spiro atoms. The molecule has 0 aliphatic carbocycles. The van der Waals surface area contributed by atoms with E-state index in [-0.39, 0.29) is 12.3 Å². The van der Waals surface area contributed by atoms with Crippen LogP contribution in [0.1, 0.15) is 18.1 Å². The summed E-state index contributed by atoms with van der Waals surface area (Å²) in [7, 11) is 0. The number of hydrogen-bond donors (Lipinski definition) is 1. The maximum atomic E-state index is 10.9. The number of aliphatic hydroxyl groups is 1. The molecule has 0 saturated carbocycles. The van der Waals surface area contributed by atoms with Gasteiger partial charge in [-0.05, 0) is 37.6 Å². The lowest BCUT2D eigenvalue weighted by atomic mass is 10.1. The van der Waals surface area contributed by atoms with Gasteiger partial charge in [-0.1, -0.05) is 18.2 Å². The van der Waals surface area contributed by atoms with Gasteiger partial charge < -0.3 is 10.0 Å². The zero-order valence-electron chi connectivity index (χ0n) is 12.1. The van der Waals surface area contributed by atoms with Gasteiger partial charge in [-0.3, -0.25) is 10.1 Å². The molecular formula is C16H18N2O3. The number of para-hydroxylation sites is 1. The smallest absolute Gasteiger partial charge is 0.275 e. The summed E-state index contributed by atoms with van der Waals surface area (Å²) >= 11 is 0. The quantitative estimate of drug-likeness (QED) is 0.674. The second kappa shape index (κ2) is 6.37. The van der Waals surface area contributed by atoms with Gasteiger partial charge in [-0.2, -0.15) is 0 Å². The van der Waals surface area contributed by atoms with Crippen LogP contribution in [-0.2, 0) is 6.61 Å². The van der Waals surface area contributed by atoms with Crippen LogP contribution in [0.5, 0.6) is 0 Å². The van der Waals surface area contributed by atoms with Gasteiger partial charge in [0.1, 0.15) is 0 Å². The van der Waals surface area contributed by atoms with Crippen molar-refractivity contribution < 1.29 is 10.0 Å². The monoisotopic (exact) mass is 286 g/mol. The number of hydrogen-bond acceptors (Lipinski definition) is 4. The molecule has 21 heavy (non-hydrogen) atoms. The zero-order valence-corrected chi connectivity index (χ0v) is 12.1. The van der Waals surface area contributed by atoms with Gasteiger partial charge >= 0.3 is 0 Å². The van der Waals surface area contributed by atoms with E-state index in [1.807, 2.05) is 38.1 Å². The summed E-state index contributed by atoms with van der Waals surface area (Å²) in [6.45, 7) is 4.42. The van der Waals surface area contributed by atoms with Crippen LogP contribution in [0.15, 0.2) is 42.5 Å². The lowest BCUT2D eigenvalue weighted by molar-refractivity contribution is -0.385. The lowest BCUT2D eigenvalue weighted by Gasteiger charge is -2.25. The molecule has 0 bridgehead atoms. The summed E-state index contributed by atoms with van der Waals surface area (Å²) < 4.78 is 0. The molecule has 0 radical (unpaired) electrons. The zero-order chi connectivity index (χ0) is 15.4. The highest BCUT2D eigenvalue weighted by molar-refractivity contribution is 5.68. The minimum Gasteiger partial charge on any atom is -0.391 e. The van der Waals surface area contributed by atoms with E-state index in [2.05, 4.69) is 4.90 Å². The Morgan fingerprint density at radius 2 is 1.95 bits per heavy atom. The number of anilines is 2. The number of rotatable bonds is 5. The Hall–Kier alpha value is -2.40. The third kappa shape index (κ3) is 3.03. The molecule has 1 N–H and O–H groups in total. The fourth-order valence-electron chi connectivity index (χ4n) is 2.40. The molecule has 0 fully saturated rings. The number of aryl methyl sites for hydroxylation is 1. The first-order valence-electron chi connectivity index (χ1n) is 6.79. The van der Waals surface area contributed by atoms with Crippen molar-refractivity contribution >= 4 is 17.1 Å². The van der Waals surface area contributed by atoms with Crippen molar-refractivity contribution in [3.05, 3.63) is 63.7 Å². The average Bonchev–Trinajstić information content (AvgIpc) is 2.49. The minimum atomic E-state index is -0.473. The minimum absolute atomic E-state index is 0.0536. The molecule has 2 aromatic carbocycles. The molecule has 5 nitrogen and oxygen atoms in total. The fourth-order valence-corrected chi connectivity index (χ4v) is 2.40. The maximum Gasteiger partial charge on any atom is 0.275 e. The number of benzene rings is 2. The maximum absolute atomic E-state index is 10.9. The van der Waals surface area contributed by atoms with Crippen molar-refractivity contribution in [1.29, 1.82) is 0 Å². The van der Waals surface area contributed by atoms with Crippen LogP contribution in [0, 0.1) is 17.0 Å². The van der Waals surface area contributed by atoms with Crippen molar-refractivity contribution in [1.82, 2.24) is 0 Å². The molecule has 0 aromatic heterocycles. The molecule has 0 saturated heterocycles. The van der Waals surface area contributed by atoms with E-state index in [1.54, 1.807) is 12.1 Å². The number of nitro groups is 1. The Balaban J connectivity index is 2.49. The van der Waals surface area contributed by atoms with Gasteiger partial charge in [0.25, 0.3) is 5.69 Å². The van der Waals surface area contributed by atoms with Crippen molar-refractivity contribution in [2.45, 2.75) is 20.5 Å². The molecule has 2 rings (SSSR count). The standard InChI is InChI=1S/C16H18N2O3/c1-3-17(15-7-5-4-6-12(15)2)14-8-9-16(18(20)21)13(10-14)11-19/h4-10,19H,3,11H2,1-2H3. The van der Waals surface area contributed by atoms with Gasteiger partial charge in [0.05, 0.1) is 17.1 Å². The largest absolute Gasteiger partial charge is 0.391 e. The molecule has 0 aliphatic heterocycles. The van der Waals surface area contributed by atoms with Crippen molar-refractivity contribution in [3.63, 3.8) is 0 Å². The van der Waals surface area contributed by atoms with Gasteiger partial charge in [-0.15, -0.1) is 0 Å². The van der Waals surface area contributed by atoms with Crippen molar-refractivity contribution in [2.24, 2.45) is 0 Å². The van der Waals surface area contributed by atoms with Crippen LogP contribution < -0.4 is 4.90 Å². The third-order valence-electron chi connectivity index (χ3n) is 3.46. The van der Waals surface area contributed by atoms with E-state index in [1.165, 1.54) is 6.07 Å². The third-order valence-corrected chi connectivity index (χ3v) is 3.46. The predicted octanol–water partition coefficient (Wildman–Crippen LogP) is 3.55. The summed E-state index contributed by atoms with van der Waals surface area (Å²) in [4.78, 5) is 12.5.